The van der Waals surface area contributed by atoms with Crippen molar-refractivity contribution < 1.29 is 18.7 Å². The lowest BCUT2D eigenvalue weighted by molar-refractivity contribution is -0.121. The lowest BCUT2D eigenvalue weighted by Crippen LogP contribution is -2.39. The van der Waals surface area contributed by atoms with Gasteiger partial charge in [-0.3, -0.25) is 4.79 Å². The van der Waals surface area contributed by atoms with Crippen LogP contribution in [0.25, 0.3) is 0 Å². The predicted molar refractivity (Wildman–Crippen MR) is 91.6 cm³/mol. The van der Waals surface area contributed by atoms with E-state index in [0.29, 0.717) is 35.7 Å². The molecule has 2 aliphatic rings. The summed E-state index contributed by atoms with van der Waals surface area (Å²) in [5, 5.41) is 6.31. The number of hydrogen-bond donors (Lipinski definition) is 2. The van der Waals surface area contributed by atoms with Crippen LogP contribution in [-0.4, -0.2) is 26.7 Å². The Morgan fingerprint density at radius 1 is 1.12 bits per heavy atom. The Kier molecular flexibility index (Phi) is 3.65. The van der Waals surface area contributed by atoms with Crippen LogP contribution < -0.4 is 20.1 Å². The Morgan fingerprint density at radius 3 is 2.52 bits per heavy atom. The van der Waals surface area contributed by atoms with E-state index in [1.807, 2.05) is 12.1 Å². The molecular formula is C19H19FN2O3. The third kappa shape index (κ3) is 2.28. The van der Waals surface area contributed by atoms with Gasteiger partial charge in [0.15, 0.2) is 0 Å². The molecule has 1 amide bonds. The summed E-state index contributed by atoms with van der Waals surface area (Å²) in [4.78, 5) is 12.9. The first kappa shape index (κ1) is 15.9. The molecule has 6 heteroatoms. The van der Waals surface area contributed by atoms with Gasteiger partial charge in [0.05, 0.1) is 25.7 Å². The first-order chi connectivity index (χ1) is 12.1. The van der Waals surface area contributed by atoms with Gasteiger partial charge in [0, 0.05) is 11.8 Å². The molecule has 1 fully saturated rings. The molecule has 0 aliphatic carbocycles. The van der Waals surface area contributed by atoms with Gasteiger partial charge in [0.1, 0.15) is 17.3 Å². The Bertz CT molecular complexity index is 832. The van der Waals surface area contributed by atoms with E-state index in [-0.39, 0.29) is 17.8 Å². The summed E-state index contributed by atoms with van der Waals surface area (Å²) >= 11 is 0. The second-order valence-corrected chi connectivity index (χ2v) is 6.40. The van der Waals surface area contributed by atoms with Crippen LogP contribution in [0.2, 0.25) is 0 Å². The third-order valence-electron chi connectivity index (χ3n) is 5.18. The fraction of sp³-hybridized carbons (Fsp3) is 0.316. The van der Waals surface area contributed by atoms with Gasteiger partial charge in [-0.2, -0.15) is 0 Å². The summed E-state index contributed by atoms with van der Waals surface area (Å²) in [6.45, 7) is 0.660. The van der Waals surface area contributed by atoms with Crippen LogP contribution >= 0.6 is 0 Å². The molecule has 2 heterocycles. The zero-order chi connectivity index (χ0) is 17.6. The Labute approximate surface area is 145 Å². The number of carbonyl (C=O) groups excluding carboxylic acids is 1. The van der Waals surface area contributed by atoms with E-state index in [1.165, 1.54) is 12.1 Å². The first-order valence-corrected chi connectivity index (χ1v) is 8.16. The molecule has 0 unspecified atom stereocenters. The van der Waals surface area contributed by atoms with Crippen molar-refractivity contribution in [1.82, 2.24) is 5.32 Å². The van der Waals surface area contributed by atoms with Crippen molar-refractivity contribution in [3.8, 4) is 11.5 Å². The molecule has 0 aromatic heterocycles. The third-order valence-corrected chi connectivity index (χ3v) is 5.18. The van der Waals surface area contributed by atoms with E-state index < -0.39 is 5.41 Å². The maximum atomic E-state index is 13.9. The smallest absolute Gasteiger partial charge is 0.237 e. The molecule has 130 valence electrons. The Morgan fingerprint density at radius 2 is 1.84 bits per heavy atom. The van der Waals surface area contributed by atoms with Crippen molar-refractivity contribution in [2.24, 2.45) is 0 Å². The number of hydrogen-bond acceptors (Lipinski definition) is 4. The molecule has 2 aromatic rings. The van der Waals surface area contributed by atoms with E-state index in [9.17, 15) is 9.18 Å². The quantitative estimate of drug-likeness (QED) is 0.900. The predicted octanol–water partition coefficient (Wildman–Crippen LogP) is 2.77. The molecular weight excluding hydrogens is 323 g/mol. The van der Waals surface area contributed by atoms with Crippen LogP contribution in [0.4, 0.5) is 10.1 Å². The summed E-state index contributed by atoms with van der Waals surface area (Å²) in [5.41, 5.74) is 1.42. The molecule has 25 heavy (non-hydrogen) atoms. The highest BCUT2D eigenvalue weighted by molar-refractivity contribution is 6.07. The Balaban J connectivity index is 1.87. The largest absolute Gasteiger partial charge is 0.497 e. The molecule has 0 saturated carbocycles. The van der Waals surface area contributed by atoms with Gasteiger partial charge in [-0.15, -0.1) is 0 Å². The maximum Gasteiger partial charge on any atom is 0.237 e. The highest BCUT2D eigenvalue weighted by atomic mass is 19.1. The zero-order valence-corrected chi connectivity index (χ0v) is 14.1. The minimum Gasteiger partial charge on any atom is -0.497 e. The van der Waals surface area contributed by atoms with E-state index in [4.69, 9.17) is 9.47 Å². The van der Waals surface area contributed by atoms with Gasteiger partial charge in [0.2, 0.25) is 5.91 Å². The lowest BCUT2D eigenvalue weighted by atomic mass is 9.73. The number of carbonyl (C=O) groups is 1. The van der Waals surface area contributed by atoms with E-state index in [2.05, 4.69) is 10.6 Å². The summed E-state index contributed by atoms with van der Waals surface area (Å²) in [7, 11) is 3.17. The normalized spacial score (nSPS) is 24.3. The van der Waals surface area contributed by atoms with Crippen molar-refractivity contribution in [3.05, 3.63) is 53.3 Å². The number of anilines is 1. The molecule has 2 N–H and O–H groups in total. The highest BCUT2D eigenvalue weighted by Crippen LogP contribution is 2.51. The number of amides is 1. The number of fused-ring (bicyclic) bond motifs is 2. The maximum absolute atomic E-state index is 13.9. The molecule has 2 aromatic carbocycles. The first-order valence-electron chi connectivity index (χ1n) is 8.16. The van der Waals surface area contributed by atoms with Gasteiger partial charge < -0.3 is 20.1 Å². The summed E-state index contributed by atoms with van der Waals surface area (Å²) in [5.74, 6) is 0.848. The van der Waals surface area contributed by atoms with Crippen LogP contribution in [0, 0.1) is 5.82 Å². The zero-order valence-electron chi connectivity index (χ0n) is 14.1. The molecule has 0 radical (unpaired) electrons. The monoisotopic (exact) mass is 342 g/mol. The molecule has 4 rings (SSSR count). The van der Waals surface area contributed by atoms with Crippen molar-refractivity contribution in [2.75, 3.05) is 26.1 Å². The van der Waals surface area contributed by atoms with E-state index >= 15 is 0 Å². The average Bonchev–Trinajstić information content (AvgIpc) is 3.18. The molecule has 2 aliphatic heterocycles. The second kappa shape index (κ2) is 5.74. The van der Waals surface area contributed by atoms with E-state index in [1.54, 1.807) is 26.4 Å². The molecule has 0 bridgehead atoms. The van der Waals surface area contributed by atoms with Crippen molar-refractivity contribution in [2.45, 2.75) is 17.9 Å². The standard InChI is InChI=1S/C19H19FN2O3/c1-24-13-7-11(8-14(10-13)25-2)17-19(5-6-21-17)15-9-12(20)3-4-16(15)22-18(19)23/h3-4,7-10,17,21H,5-6H2,1-2H3,(H,22,23)/t17-,19-/m0/s1. The van der Waals surface area contributed by atoms with Gasteiger partial charge >= 0.3 is 0 Å². The van der Waals surface area contributed by atoms with Gasteiger partial charge in [-0.1, -0.05) is 0 Å². The van der Waals surface area contributed by atoms with E-state index in [0.717, 1.165) is 5.56 Å². The highest BCUT2D eigenvalue weighted by Gasteiger charge is 2.55. The SMILES string of the molecule is COc1cc(OC)cc([C@@H]2NCC[C@@]23C(=O)Nc2ccc(F)cc23)c1. The molecule has 1 spiro atoms. The fourth-order valence-corrected chi connectivity index (χ4v) is 4.02. The Hall–Kier alpha value is -2.60. The topological polar surface area (TPSA) is 59.6 Å². The van der Waals surface area contributed by atoms with Crippen LogP contribution in [-0.2, 0) is 10.2 Å². The molecule has 1 saturated heterocycles. The van der Waals surface area contributed by atoms with Crippen molar-refractivity contribution >= 4 is 11.6 Å². The number of halogens is 1. The summed E-state index contributed by atoms with van der Waals surface area (Å²) < 4.78 is 24.6. The number of methoxy groups -OCH3 is 2. The van der Waals surface area contributed by atoms with Crippen LogP contribution in [0.1, 0.15) is 23.6 Å². The van der Waals surface area contributed by atoms with Crippen LogP contribution in [0.15, 0.2) is 36.4 Å². The van der Waals surface area contributed by atoms with Crippen LogP contribution in [0.3, 0.4) is 0 Å². The number of nitrogens with one attached hydrogen (secondary N) is 2. The summed E-state index contributed by atoms with van der Waals surface area (Å²) in [6.07, 6.45) is 0.597. The van der Waals surface area contributed by atoms with Gasteiger partial charge in [-0.25, -0.2) is 4.39 Å². The number of rotatable bonds is 3. The number of benzene rings is 2. The van der Waals surface area contributed by atoms with Crippen LogP contribution in [0.5, 0.6) is 11.5 Å². The minimum absolute atomic E-state index is 0.107. The fourth-order valence-electron chi connectivity index (χ4n) is 4.02. The molecule has 2 atom stereocenters. The minimum atomic E-state index is -0.838. The van der Waals surface area contributed by atoms with Crippen molar-refractivity contribution in [1.29, 1.82) is 0 Å². The lowest BCUT2D eigenvalue weighted by Gasteiger charge is -2.30. The van der Waals surface area contributed by atoms with Gasteiger partial charge in [-0.05, 0) is 54.4 Å². The number of ether oxygens (including phenoxy) is 2. The van der Waals surface area contributed by atoms with Gasteiger partial charge in [0.25, 0.3) is 0 Å². The second-order valence-electron chi connectivity index (χ2n) is 6.40. The summed E-state index contributed by atoms with van der Waals surface area (Å²) in [6, 6.07) is 9.72. The molecule has 5 nitrogen and oxygen atoms in total. The average molecular weight is 342 g/mol. The van der Waals surface area contributed by atoms with Crippen molar-refractivity contribution in [3.63, 3.8) is 0 Å².